The predicted octanol–water partition coefficient (Wildman–Crippen LogP) is 12.9. The fourth-order valence-electron chi connectivity index (χ4n) is 7.77. The SMILES string of the molecule is c1ccc(-c2ccc(-c3cc(-c4ccccc4)cc(-n4c5ccccc5c5cc(-n6c7ccccc7c7ccccc76)ccc54)c3)cc2)cc1. The first-order valence-corrected chi connectivity index (χ1v) is 17.2. The molecule has 0 saturated heterocycles. The van der Waals surface area contributed by atoms with Crippen LogP contribution in [0.3, 0.4) is 0 Å². The molecule has 0 spiro atoms. The highest BCUT2D eigenvalue weighted by atomic mass is 15.0. The van der Waals surface area contributed by atoms with Crippen molar-refractivity contribution in [2.45, 2.75) is 0 Å². The van der Waals surface area contributed by atoms with Gasteiger partial charge in [0.25, 0.3) is 0 Å². The molecule has 0 radical (unpaired) electrons. The van der Waals surface area contributed by atoms with E-state index in [1.807, 2.05) is 0 Å². The number of hydrogen-bond acceptors (Lipinski definition) is 0. The third-order valence-corrected chi connectivity index (χ3v) is 10.1. The maximum atomic E-state index is 2.44. The van der Waals surface area contributed by atoms with Gasteiger partial charge in [-0.05, 0) is 88.0 Å². The van der Waals surface area contributed by atoms with E-state index in [4.69, 9.17) is 0 Å². The van der Waals surface area contributed by atoms with E-state index in [-0.39, 0.29) is 0 Å². The van der Waals surface area contributed by atoms with Crippen molar-refractivity contribution in [2.75, 3.05) is 0 Å². The molecule has 10 aromatic rings. The lowest BCUT2D eigenvalue weighted by Crippen LogP contribution is -1.97. The molecule has 0 aliphatic carbocycles. The van der Waals surface area contributed by atoms with Crippen molar-refractivity contribution in [2.24, 2.45) is 0 Å². The molecule has 2 nitrogen and oxygen atoms in total. The Balaban J connectivity index is 1.19. The van der Waals surface area contributed by atoms with E-state index in [2.05, 4.69) is 203 Å². The maximum absolute atomic E-state index is 2.44. The summed E-state index contributed by atoms with van der Waals surface area (Å²) in [6.07, 6.45) is 0. The third-order valence-electron chi connectivity index (χ3n) is 10.1. The molecule has 0 N–H and O–H groups in total. The van der Waals surface area contributed by atoms with Crippen molar-refractivity contribution in [1.29, 1.82) is 0 Å². The molecule has 0 bridgehead atoms. The molecule has 0 fully saturated rings. The summed E-state index contributed by atoms with van der Waals surface area (Å²) < 4.78 is 4.85. The minimum atomic E-state index is 1.14. The number of nitrogens with zero attached hydrogens (tertiary/aromatic N) is 2. The van der Waals surface area contributed by atoms with E-state index in [0.717, 1.165) is 11.4 Å². The van der Waals surface area contributed by atoms with Crippen LogP contribution in [-0.2, 0) is 0 Å². The predicted molar refractivity (Wildman–Crippen MR) is 211 cm³/mol. The minimum Gasteiger partial charge on any atom is -0.309 e. The number of hydrogen-bond donors (Lipinski definition) is 0. The molecule has 50 heavy (non-hydrogen) atoms. The number of aromatic nitrogens is 2. The summed E-state index contributed by atoms with van der Waals surface area (Å²) in [7, 11) is 0. The molecule has 0 aliphatic heterocycles. The Hall–Kier alpha value is -6.64. The Labute approximate surface area is 290 Å². The summed E-state index contributed by atoms with van der Waals surface area (Å²) in [5.41, 5.74) is 14.3. The lowest BCUT2D eigenvalue weighted by molar-refractivity contribution is 1.17. The number of para-hydroxylation sites is 3. The second-order valence-electron chi connectivity index (χ2n) is 13.0. The van der Waals surface area contributed by atoms with Crippen LogP contribution in [0.1, 0.15) is 0 Å². The Kier molecular flexibility index (Phi) is 6.53. The van der Waals surface area contributed by atoms with Crippen molar-refractivity contribution in [1.82, 2.24) is 9.13 Å². The zero-order chi connectivity index (χ0) is 33.0. The maximum Gasteiger partial charge on any atom is 0.0542 e. The minimum absolute atomic E-state index is 1.14. The van der Waals surface area contributed by atoms with Gasteiger partial charge in [-0.15, -0.1) is 0 Å². The van der Waals surface area contributed by atoms with E-state index < -0.39 is 0 Å². The second kappa shape index (κ2) is 11.5. The van der Waals surface area contributed by atoms with Crippen molar-refractivity contribution in [3.05, 3.63) is 194 Å². The summed E-state index contributed by atoms with van der Waals surface area (Å²) in [6.45, 7) is 0. The largest absolute Gasteiger partial charge is 0.309 e. The first-order chi connectivity index (χ1) is 24.8. The van der Waals surface area contributed by atoms with Crippen LogP contribution >= 0.6 is 0 Å². The van der Waals surface area contributed by atoms with Gasteiger partial charge in [0.2, 0.25) is 0 Å². The first-order valence-electron chi connectivity index (χ1n) is 17.2. The van der Waals surface area contributed by atoms with Crippen molar-refractivity contribution >= 4 is 43.6 Å². The normalized spacial score (nSPS) is 11.6. The Morgan fingerprint density at radius 1 is 0.220 bits per heavy atom. The summed E-state index contributed by atoms with van der Waals surface area (Å²) in [5.74, 6) is 0. The van der Waals surface area contributed by atoms with Crippen LogP contribution in [-0.4, -0.2) is 9.13 Å². The van der Waals surface area contributed by atoms with Crippen molar-refractivity contribution in [3.63, 3.8) is 0 Å². The zero-order valence-corrected chi connectivity index (χ0v) is 27.4. The van der Waals surface area contributed by atoms with Gasteiger partial charge in [0.1, 0.15) is 0 Å². The third kappa shape index (κ3) is 4.57. The Bertz CT molecular complexity index is 2790. The van der Waals surface area contributed by atoms with Crippen LogP contribution in [0, 0.1) is 0 Å². The Morgan fingerprint density at radius 2 is 0.600 bits per heavy atom. The van der Waals surface area contributed by atoms with Crippen LogP contribution in [0.2, 0.25) is 0 Å². The number of rotatable bonds is 5. The van der Waals surface area contributed by atoms with E-state index >= 15 is 0 Å². The molecule has 0 unspecified atom stereocenters. The van der Waals surface area contributed by atoms with Gasteiger partial charge in [-0.25, -0.2) is 0 Å². The van der Waals surface area contributed by atoms with Crippen LogP contribution in [0.4, 0.5) is 0 Å². The van der Waals surface area contributed by atoms with Gasteiger partial charge in [-0.3, -0.25) is 0 Å². The standard InChI is InChI=1S/C48H32N2/c1-3-13-33(14-4-1)35-23-25-36(26-24-35)38-29-37(34-15-5-2-6-16-34)30-40(31-38)50-47-22-12-9-19-43(47)44-32-39(27-28-48(44)50)49-45-20-10-7-17-41(45)42-18-8-11-21-46(42)49/h1-32H. The molecule has 2 aromatic heterocycles. The van der Waals surface area contributed by atoms with Crippen LogP contribution in [0.5, 0.6) is 0 Å². The summed E-state index contributed by atoms with van der Waals surface area (Å²) in [6, 6.07) is 70.5. The highest BCUT2D eigenvalue weighted by molar-refractivity contribution is 6.12. The van der Waals surface area contributed by atoms with Crippen LogP contribution in [0.25, 0.3) is 88.4 Å². The fraction of sp³-hybridized carbons (Fsp3) is 0. The molecule has 0 atom stereocenters. The molecule has 2 heteroatoms. The topological polar surface area (TPSA) is 9.86 Å². The fourth-order valence-corrected chi connectivity index (χ4v) is 7.77. The smallest absolute Gasteiger partial charge is 0.0542 e. The lowest BCUT2D eigenvalue weighted by atomic mass is 9.96. The van der Waals surface area contributed by atoms with Gasteiger partial charge in [0.05, 0.1) is 22.1 Å². The monoisotopic (exact) mass is 636 g/mol. The molecular formula is C48H32N2. The van der Waals surface area contributed by atoms with E-state index in [1.165, 1.54) is 77.0 Å². The quantitative estimate of drug-likeness (QED) is 0.178. The van der Waals surface area contributed by atoms with Gasteiger partial charge in [-0.2, -0.15) is 0 Å². The van der Waals surface area contributed by atoms with Gasteiger partial charge in [0, 0.05) is 32.9 Å². The molecule has 8 aromatic carbocycles. The average molecular weight is 637 g/mol. The van der Waals surface area contributed by atoms with Crippen LogP contribution in [0.15, 0.2) is 194 Å². The summed E-state index contributed by atoms with van der Waals surface area (Å²) >= 11 is 0. The molecule has 10 rings (SSSR count). The molecule has 0 saturated carbocycles. The second-order valence-corrected chi connectivity index (χ2v) is 13.0. The van der Waals surface area contributed by atoms with Crippen molar-refractivity contribution in [3.8, 4) is 44.8 Å². The van der Waals surface area contributed by atoms with E-state index in [1.54, 1.807) is 0 Å². The van der Waals surface area contributed by atoms with Gasteiger partial charge < -0.3 is 9.13 Å². The summed E-state index contributed by atoms with van der Waals surface area (Å²) in [5, 5.41) is 5.02. The lowest BCUT2D eigenvalue weighted by Gasteiger charge is -2.15. The van der Waals surface area contributed by atoms with E-state index in [9.17, 15) is 0 Å². The average Bonchev–Trinajstić information content (AvgIpc) is 3.71. The van der Waals surface area contributed by atoms with Gasteiger partial charge in [0.15, 0.2) is 0 Å². The van der Waals surface area contributed by atoms with Gasteiger partial charge >= 0.3 is 0 Å². The van der Waals surface area contributed by atoms with Crippen LogP contribution < -0.4 is 0 Å². The Morgan fingerprint density at radius 3 is 1.14 bits per heavy atom. The molecule has 2 heterocycles. The highest BCUT2D eigenvalue weighted by Gasteiger charge is 2.17. The molecular weight excluding hydrogens is 605 g/mol. The molecule has 0 aliphatic rings. The molecule has 234 valence electrons. The first kappa shape index (κ1) is 28.4. The van der Waals surface area contributed by atoms with Gasteiger partial charge in [-0.1, -0.05) is 140 Å². The zero-order valence-electron chi connectivity index (χ0n) is 27.4. The van der Waals surface area contributed by atoms with E-state index in [0.29, 0.717) is 0 Å². The number of fused-ring (bicyclic) bond motifs is 6. The summed E-state index contributed by atoms with van der Waals surface area (Å²) in [4.78, 5) is 0. The van der Waals surface area contributed by atoms with Crippen molar-refractivity contribution < 1.29 is 0 Å². The number of benzene rings is 8. The highest BCUT2D eigenvalue weighted by Crippen LogP contribution is 2.39. The molecule has 0 amide bonds.